The zero-order valence-corrected chi connectivity index (χ0v) is 8.23. The summed E-state index contributed by atoms with van der Waals surface area (Å²) in [5.74, 6) is 0.501. The molecule has 0 saturated heterocycles. The molecule has 0 radical (unpaired) electrons. The Bertz CT molecular complexity index is 325. The van der Waals surface area contributed by atoms with Crippen LogP contribution in [0.2, 0.25) is 0 Å². The summed E-state index contributed by atoms with van der Waals surface area (Å²) >= 11 is 1.68. The lowest BCUT2D eigenvalue weighted by Gasteiger charge is -2.03. The number of nitrogens with two attached hydrogens (primary N) is 2. The lowest BCUT2D eigenvalue weighted by Crippen LogP contribution is -2.13. The molecular formula is C9H12N2OS. The highest BCUT2D eigenvalue weighted by molar-refractivity contribution is 7.99. The van der Waals surface area contributed by atoms with Gasteiger partial charge in [-0.1, -0.05) is 6.92 Å². The number of rotatable bonds is 3. The molecule has 1 aromatic carbocycles. The van der Waals surface area contributed by atoms with Crippen molar-refractivity contribution in [3.63, 3.8) is 0 Å². The number of carbonyl (C=O) groups excluding carboxylic acids is 1. The minimum atomic E-state index is -0.481. The summed E-state index contributed by atoms with van der Waals surface area (Å²) in [6, 6.07) is 5.29. The highest BCUT2D eigenvalue weighted by Gasteiger charge is 2.05. The van der Waals surface area contributed by atoms with Crippen LogP contribution in [0.25, 0.3) is 0 Å². The van der Waals surface area contributed by atoms with Gasteiger partial charge in [-0.2, -0.15) is 0 Å². The molecule has 4 heteroatoms. The third-order valence-electron chi connectivity index (χ3n) is 1.60. The van der Waals surface area contributed by atoms with E-state index in [4.69, 9.17) is 11.5 Å². The molecule has 0 spiro atoms. The average Bonchev–Trinajstić information content (AvgIpc) is 2.04. The number of amides is 1. The van der Waals surface area contributed by atoms with Crippen LogP contribution >= 0.6 is 11.8 Å². The Labute approximate surface area is 81.5 Å². The maximum absolute atomic E-state index is 10.8. The van der Waals surface area contributed by atoms with E-state index in [0.29, 0.717) is 11.3 Å². The number of hydrogen-bond acceptors (Lipinski definition) is 3. The molecular weight excluding hydrogens is 184 g/mol. The second-order valence-electron chi connectivity index (χ2n) is 2.55. The number of anilines is 1. The van der Waals surface area contributed by atoms with Crippen molar-refractivity contribution in [2.24, 2.45) is 5.73 Å². The average molecular weight is 196 g/mol. The van der Waals surface area contributed by atoms with E-state index in [1.54, 1.807) is 23.9 Å². The third-order valence-corrected chi connectivity index (χ3v) is 2.48. The lowest BCUT2D eigenvalue weighted by atomic mass is 10.2. The molecule has 13 heavy (non-hydrogen) atoms. The zero-order valence-electron chi connectivity index (χ0n) is 7.41. The van der Waals surface area contributed by atoms with Gasteiger partial charge in [0.2, 0.25) is 0 Å². The Morgan fingerprint density at radius 2 is 2.23 bits per heavy atom. The van der Waals surface area contributed by atoms with Crippen LogP contribution in [0.5, 0.6) is 0 Å². The molecule has 0 atom stereocenters. The molecule has 0 aromatic heterocycles. The normalized spacial score (nSPS) is 9.92. The van der Waals surface area contributed by atoms with E-state index in [0.717, 1.165) is 10.6 Å². The van der Waals surface area contributed by atoms with Gasteiger partial charge in [0.15, 0.2) is 0 Å². The number of hydrogen-bond donors (Lipinski definition) is 2. The predicted octanol–water partition coefficient (Wildman–Crippen LogP) is 1.48. The molecule has 0 saturated carbocycles. The summed E-state index contributed by atoms with van der Waals surface area (Å²) in [5, 5.41) is 0. The molecule has 1 aromatic rings. The molecule has 0 fully saturated rings. The van der Waals surface area contributed by atoms with Gasteiger partial charge in [-0.15, -0.1) is 11.8 Å². The van der Waals surface area contributed by atoms with Gasteiger partial charge in [0.05, 0.1) is 5.56 Å². The van der Waals surface area contributed by atoms with Crippen LogP contribution in [0, 0.1) is 0 Å². The molecule has 0 aliphatic heterocycles. The van der Waals surface area contributed by atoms with Gasteiger partial charge in [0.1, 0.15) is 0 Å². The van der Waals surface area contributed by atoms with Gasteiger partial charge in [-0.25, -0.2) is 0 Å². The molecule has 1 amide bonds. The van der Waals surface area contributed by atoms with Gasteiger partial charge in [0.25, 0.3) is 5.91 Å². The Hall–Kier alpha value is -1.16. The fraction of sp³-hybridized carbons (Fsp3) is 0.222. The standard InChI is InChI=1S/C9H12N2OS/c1-2-13-6-3-4-7(9(11)12)8(10)5-6/h3-5H,2,10H2,1H3,(H2,11,12). The van der Waals surface area contributed by atoms with Gasteiger partial charge in [0, 0.05) is 10.6 Å². The molecule has 0 heterocycles. The summed E-state index contributed by atoms with van der Waals surface area (Å²) < 4.78 is 0. The van der Waals surface area contributed by atoms with Crippen LogP contribution in [0.15, 0.2) is 23.1 Å². The van der Waals surface area contributed by atoms with Gasteiger partial charge < -0.3 is 11.5 Å². The van der Waals surface area contributed by atoms with Crippen LogP contribution in [0.3, 0.4) is 0 Å². The van der Waals surface area contributed by atoms with Crippen LogP contribution in [-0.4, -0.2) is 11.7 Å². The highest BCUT2D eigenvalue weighted by Crippen LogP contribution is 2.22. The van der Waals surface area contributed by atoms with Gasteiger partial charge >= 0.3 is 0 Å². The zero-order chi connectivity index (χ0) is 9.84. The maximum atomic E-state index is 10.8. The predicted molar refractivity (Wildman–Crippen MR) is 55.8 cm³/mol. The Kier molecular flexibility index (Phi) is 3.19. The molecule has 0 aliphatic carbocycles. The smallest absolute Gasteiger partial charge is 0.250 e. The van der Waals surface area contributed by atoms with Crippen molar-refractivity contribution in [2.75, 3.05) is 11.5 Å². The monoisotopic (exact) mass is 196 g/mol. The number of benzene rings is 1. The van der Waals surface area contributed by atoms with Crippen molar-refractivity contribution in [3.8, 4) is 0 Å². The van der Waals surface area contributed by atoms with Crippen LogP contribution in [0.4, 0.5) is 5.69 Å². The van der Waals surface area contributed by atoms with E-state index in [9.17, 15) is 4.79 Å². The van der Waals surface area contributed by atoms with E-state index >= 15 is 0 Å². The second-order valence-corrected chi connectivity index (χ2v) is 3.88. The summed E-state index contributed by atoms with van der Waals surface area (Å²) in [5.41, 5.74) is 11.6. The van der Waals surface area contributed by atoms with Crippen molar-refractivity contribution < 1.29 is 4.79 Å². The summed E-state index contributed by atoms with van der Waals surface area (Å²) in [7, 11) is 0. The maximum Gasteiger partial charge on any atom is 0.250 e. The SMILES string of the molecule is CCSc1ccc(C(N)=O)c(N)c1. The molecule has 0 aliphatic rings. The van der Waals surface area contributed by atoms with Crippen LogP contribution in [-0.2, 0) is 0 Å². The van der Waals surface area contributed by atoms with Crippen molar-refractivity contribution in [2.45, 2.75) is 11.8 Å². The fourth-order valence-corrected chi connectivity index (χ4v) is 1.73. The van der Waals surface area contributed by atoms with Crippen LogP contribution < -0.4 is 11.5 Å². The largest absolute Gasteiger partial charge is 0.398 e. The number of thioether (sulfide) groups is 1. The van der Waals surface area contributed by atoms with E-state index in [2.05, 4.69) is 6.92 Å². The Morgan fingerprint density at radius 3 is 2.69 bits per heavy atom. The second kappa shape index (κ2) is 4.18. The Balaban J connectivity index is 2.98. The van der Waals surface area contributed by atoms with Crippen LogP contribution in [0.1, 0.15) is 17.3 Å². The molecule has 4 N–H and O–H groups in total. The first-order valence-corrected chi connectivity index (χ1v) is 4.96. The molecule has 3 nitrogen and oxygen atoms in total. The molecule has 70 valence electrons. The van der Waals surface area contributed by atoms with E-state index < -0.39 is 5.91 Å². The topological polar surface area (TPSA) is 69.1 Å². The first kappa shape index (κ1) is 9.92. The summed E-state index contributed by atoms with van der Waals surface area (Å²) in [6.45, 7) is 2.06. The molecule has 0 bridgehead atoms. The minimum Gasteiger partial charge on any atom is -0.398 e. The summed E-state index contributed by atoms with van der Waals surface area (Å²) in [4.78, 5) is 11.9. The Morgan fingerprint density at radius 1 is 1.54 bits per heavy atom. The fourth-order valence-electron chi connectivity index (χ4n) is 1.02. The van der Waals surface area contributed by atoms with Crippen molar-refractivity contribution >= 4 is 23.4 Å². The van der Waals surface area contributed by atoms with E-state index in [1.165, 1.54) is 0 Å². The van der Waals surface area contributed by atoms with Gasteiger partial charge in [-0.3, -0.25) is 4.79 Å². The number of carbonyl (C=O) groups is 1. The quantitative estimate of drug-likeness (QED) is 0.568. The lowest BCUT2D eigenvalue weighted by molar-refractivity contribution is 0.100. The van der Waals surface area contributed by atoms with E-state index in [-0.39, 0.29) is 0 Å². The minimum absolute atomic E-state index is 0.389. The van der Waals surface area contributed by atoms with Gasteiger partial charge in [-0.05, 0) is 24.0 Å². The first-order chi connectivity index (χ1) is 6.15. The highest BCUT2D eigenvalue weighted by atomic mass is 32.2. The van der Waals surface area contributed by atoms with Crippen molar-refractivity contribution in [1.82, 2.24) is 0 Å². The third kappa shape index (κ3) is 2.39. The number of primary amides is 1. The first-order valence-electron chi connectivity index (χ1n) is 3.97. The molecule has 0 unspecified atom stereocenters. The summed E-state index contributed by atoms with van der Waals surface area (Å²) in [6.07, 6.45) is 0. The van der Waals surface area contributed by atoms with E-state index in [1.807, 2.05) is 6.07 Å². The number of nitrogen functional groups attached to an aromatic ring is 1. The molecule has 1 rings (SSSR count). The van der Waals surface area contributed by atoms with Crippen molar-refractivity contribution in [1.29, 1.82) is 0 Å². The van der Waals surface area contributed by atoms with Crippen molar-refractivity contribution in [3.05, 3.63) is 23.8 Å².